The van der Waals surface area contributed by atoms with Gasteiger partial charge in [0.1, 0.15) is 6.04 Å². The Morgan fingerprint density at radius 2 is 2.00 bits per heavy atom. The average molecular weight is 319 g/mol. The van der Waals surface area contributed by atoms with Gasteiger partial charge in [0.05, 0.1) is 16.5 Å². The van der Waals surface area contributed by atoms with Crippen molar-refractivity contribution in [1.29, 1.82) is 0 Å². The van der Waals surface area contributed by atoms with Crippen molar-refractivity contribution in [2.24, 2.45) is 0 Å². The molecule has 0 aliphatic heterocycles. The topological polar surface area (TPSA) is 64.0 Å². The van der Waals surface area contributed by atoms with Gasteiger partial charge in [0, 0.05) is 22.9 Å². The Balaban J connectivity index is 1.85. The zero-order valence-electron chi connectivity index (χ0n) is 13.1. The number of nitrogens with zero attached hydrogens (tertiary/aromatic N) is 2. The third kappa shape index (κ3) is 4.04. The lowest BCUT2D eigenvalue weighted by atomic mass is 10.3. The summed E-state index contributed by atoms with van der Waals surface area (Å²) >= 11 is 0. The van der Waals surface area contributed by atoms with Crippen molar-refractivity contribution >= 4 is 16.7 Å². The van der Waals surface area contributed by atoms with Crippen molar-refractivity contribution in [1.82, 2.24) is 15.1 Å². The number of carbonyl (C=O) groups excluding carboxylic acids is 1. The van der Waals surface area contributed by atoms with Crippen LogP contribution in [0.5, 0.6) is 0 Å². The molecule has 118 valence electrons. The maximum atomic E-state index is 12.2. The van der Waals surface area contributed by atoms with E-state index in [4.69, 9.17) is 0 Å². The van der Waals surface area contributed by atoms with Crippen LogP contribution in [0.15, 0.2) is 41.3 Å². The van der Waals surface area contributed by atoms with Gasteiger partial charge < -0.3 is 5.32 Å². The third-order valence-corrected chi connectivity index (χ3v) is 4.76. The Morgan fingerprint density at radius 3 is 2.59 bits per heavy atom. The molecule has 0 aliphatic carbocycles. The number of amides is 1. The van der Waals surface area contributed by atoms with E-state index in [0.29, 0.717) is 12.3 Å². The predicted molar refractivity (Wildman–Crippen MR) is 87.1 cm³/mol. The van der Waals surface area contributed by atoms with E-state index in [1.165, 1.54) is 0 Å². The fraction of sp³-hybridized carbons (Fsp3) is 0.375. The quantitative estimate of drug-likeness (QED) is 0.885. The van der Waals surface area contributed by atoms with Crippen molar-refractivity contribution in [2.45, 2.75) is 31.7 Å². The summed E-state index contributed by atoms with van der Waals surface area (Å²) in [6, 6.07) is 10.8. The van der Waals surface area contributed by atoms with Crippen LogP contribution in [0.1, 0.15) is 24.4 Å². The number of rotatable bonds is 6. The minimum absolute atomic E-state index is 0.115. The van der Waals surface area contributed by atoms with E-state index in [-0.39, 0.29) is 11.9 Å². The summed E-state index contributed by atoms with van der Waals surface area (Å²) in [5.41, 5.74) is 1.84. The van der Waals surface area contributed by atoms with E-state index >= 15 is 0 Å². The van der Waals surface area contributed by atoms with Gasteiger partial charge in [-0.3, -0.25) is 13.7 Å². The van der Waals surface area contributed by atoms with Gasteiger partial charge in [-0.05, 0) is 39.0 Å². The lowest BCUT2D eigenvalue weighted by Crippen LogP contribution is -2.34. The van der Waals surface area contributed by atoms with Gasteiger partial charge in [0.15, 0.2) is 0 Å². The standard InChI is InChI=1S/C16H21N3O2S/c1-12-11-13(2)19(18-12)14(3)16(20)17-9-10-22(21)15-7-5-4-6-8-15/h4-8,11,14H,9-10H2,1-3H3,(H,17,20)/t14-,22+/m1/s1. The fourth-order valence-electron chi connectivity index (χ4n) is 2.25. The minimum Gasteiger partial charge on any atom is -0.353 e. The summed E-state index contributed by atoms with van der Waals surface area (Å²) < 4.78 is 13.8. The molecule has 1 amide bonds. The molecule has 0 saturated heterocycles. The molecule has 2 aromatic rings. The van der Waals surface area contributed by atoms with Gasteiger partial charge in [0.2, 0.25) is 5.91 Å². The molecule has 0 bridgehead atoms. The molecular weight excluding hydrogens is 298 g/mol. The summed E-state index contributed by atoms with van der Waals surface area (Å²) in [5, 5.41) is 7.14. The summed E-state index contributed by atoms with van der Waals surface area (Å²) in [7, 11) is -1.09. The van der Waals surface area contributed by atoms with Gasteiger partial charge in [-0.15, -0.1) is 0 Å². The second-order valence-electron chi connectivity index (χ2n) is 5.20. The lowest BCUT2D eigenvalue weighted by Gasteiger charge is -2.14. The molecular formula is C16H21N3O2S. The first kappa shape index (κ1) is 16.4. The van der Waals surface area contributed by atoms with Crippen LogP contribution in [0.25, 0.3) is 0 Å². The number of benzene rings is 1. The van der Waals surface area contributed by atoms with Gasteiger partial charge in [-0.1, -0.05) is 18.2 Å². The summed E-state index contributed by atoms with van der Waals surface area (Å²) in [4.78, 5) is 12.9. The van der Waals surface area contributed by atoms with Crippen molar-refractivity contribution < 1.29 is 9.00 Å². The van der Waals surface area contributed by atoms with Crippen LogP contribution in [0.4, 0.5) is 0 Å². The first-order chi connectivity index (χ1) is 10.5. The SMILES string of the molecule is Cc1cc(C)n([C@H](C)C(=O)NCC[S@](=O)c2ccccc2)n1. The molecule has 2 atom stereocenters. The third-order valence-electron chi connectivity index (χ3n) is 3.38. The first-order valence-corrected chi connectivity index (χ1v) is 8.55. The van der Waals surface area contributed by atoms with Crippen molar-refractivity contribution in [2.75, 3.05) is 12.3 Å². The Kier molecular flexibility index (Phi) is 5.49. The minimum atomic E-state index is -1.09. The highest BCUT2D eigenvalue weighted by molar-refractivity contribution is 7.85. The summed E-state index contributed by atoms with van der Waals surface area (Å²) in [5.74, 6) is 0.288. The van der Waals surface area contributed by atoms with Crippen LogP contribution < -0.4 is 5.32 Å². The van der Waals surface area contributed by atoms with E-state index < -0.39 is 10.8 Å². The molecule has 5 nitrogen and oxygen atoms in total. The Morgan fingerprint density at radius 1 is 1.32 bits per heavy atom. The molecule has 0 unspecified atom stereocenters. The highest BCUT2D eigenvalue weighted by atomic mass is 32.2. The van der Waals surface area contributed by atoms with Gasteiger partial charge in [-0.2, -0.15) is 5.10 Å². The maximum Gasteiger partial charge on any atom is 0.244 e. The Labute approximate surface area is 133 Å². The first-order valence-electron chi connectivity index (χ1n) is 7.23. The normalized spacial score (nSPS) is 13.6. The number of aromatic nitrogens is 2. The average Bonchev–Trinajstić information content (AvgIpc) is 2.85. The van der Waals surface area contributed by atoms with Gasteiger partial charge in [0.25, 0.3) is 0 Å². The molecule has 1 aromatic carbocycles. The summed E-state index contributed by atoms with van der Waals surface area (Å²) in [6.45, 7) is 6.01. The number of hydrogen-bond acceptors (Lipinski definition) is 3. The van der Waals surface area contributed by atoms with Gasteiger partial charge in [-0.25, -0.2) is 0 Å². The van der Waals surface area contributed by atoms with Crippen LogP contribution in [0.2, 0.25) is 0 Å². The van der Waals surface area contributed by atoms with E-state index in [9.17, 15) is 9.00 Å². The summed E-state index contributed by atoms with van der Waals surface area (Å²) in [6.07, 6.45) is 0. The molecule has 2 rings (SSSR count). The smallest absolute Gasteiger partial charge is 0.244 e. The van der Waals surface area contributed by atoms with E-state index in [1.807, 2.05) is 57.2 Å². The van der Waals surface area contributed by atoms with E-state index in [0.717, 1.165) is 16.3 Å². The molecule has 6 heteroatoms. The molecule has 22 heavy (non-hydrogen) atoms. The maximum absolute atomic E-state index is 12.2. The van der Waals surface area contributed by atoms with Gasteiger partial charge >= 0.3 is 0 Å². The van der Waals surface area contributed by atoms with E-state index in [1.54, 1.807) is 4.68 Å². The van der Waals surface area contributed by atoms with Crippen molar-refractivity contribution in [3.63, 3.8) is 0 Å². The number of carbonyl (C=O) groups is 1. The van der Waals surface area contributed by atoms with Crippen LogP contribution >= 0.6 is 0 Å². The molecule has 0 saturated carbocycles. The highest BCUT2D eigenvalue weighted by Gasteiger charge is 2.17. The predicted octanol–water partition coefficient (Wildman–Crippen LogP) is 1.98. The molecule has 0 aliphatic rings. The molecule has 1 N–H and O–H groups in total. The highest BCUT2D eigenvalue weighted by Crippen LogP contribution is 2.10. The monoisotopic (exact) mass is 319 g/mol. The molecule has 1 heterocycles. The number of nitrogens with one attached hydrogen (secondary N) is 1. The van der Waals surface area contributed by atoms with Crippen LogP contribution in [-0.4, -0.2) is 32.2 Å². The largest absolute Gasteiger partial charge is 0.353 e. The van der Waals surface area contributed by atoms with Crippen molar-refractivity contribution in [3.8, 4) is 0 Å². The number of aryl methyl sites for hydroxylation is 2. The van der Waals surface area contributed by atoms with Crippen molar-refractivity contribution in [3.05, 3.63) is 47.8 Å². The van der Waals surface area contributed by atoms with E-state index in [2.05, 4.69) is 10.4 Å². The van der Waals surface area contributed by atoms with Crippen LogP contribution in [0, 0.1) is 13.8 Å². The molecule has 0 spiro atoms. The number of hydrogen-bond donors (Lipinski definition) is 1. The van der Waals surface area contributed by atoms with Crippen LogP contribution in [0.3, 0.4) is 0 Å². The second kappa shape index (κ2) is 7.35. The Bertz CT molecular complexity index is 667. The fourth-order valence-corrected chi connectivity index (χ4v) is 3.24. The molecule has 0 fully saturated rings. The second-order valence-corrected chi connectivity index (χ2v) is 6.77. The zero-order valence-corrected chi connectivity index (χ0v) is 13.9. The Hall–Kier alpha value is -1.95. The molecule has 0 radical (unpaired) electrons. The zero-order chi connectivity index (χ0) is 16.1. The molecule has 1 aromatic heterocycles. The van der Waals surface area contributed by atoms with Crippen LogP contribution in [-0.2, 0) is 15.6 Å². The lowest BCUT2D eigenvalue weighted by molar-refractivity contribution is -0.124.